The first-order valence-corrected chi connectivity index (χ1v) is 7.26. The van der Waals surface area contributed by atoms with E-state index in [1.807, 2.05) is 4.90 Å². The number of rotatable bonds is 7. The molecule has 1 rings (SSSR count). The van der Waals surface area contributed by atoms with E-state index in [1.165, 1.54) is 25.7 Å². The lowest BCUT2D eigenvalue weighted by Crippen LogP contribution is -2.40. The molecule has 17 heavy (non-hydrogen) atoms. The van der Waals surface area contributed by atoms with Crippen LogP contribution in [0, 0.1) is 5.92 Å². The molecule has 100 valence electrons. The Morgan fingerprint density at radius 1 is 1.35 bits per heavy atom. The molecule has 0 aromatic heterocycles. The van der Waals surface area contributed by atoms with Crippen molar-refractivity contribution >= 4 is 5.91 Å². The molecular weight excluding hydrogens is 212 g/mol. The van der Waals surface area contributed by atoms with E-state index >= 15 is 0 Å². The number of piperidine rings is 1. The molecule has 0 spiro atoms. The number of carbonyl (C=O) groups excluding carboxylic acids is 1. The lowest BCUT2D eigenvalue weighted by atomic mass is 9.99. The molecule has 1 saturated heterocycles. The molecular formula is C14H28N2O. The van der Waals surface area contributed by atoms with Crippen molar-refractivity contribution in [1.29, 1.82) is 0 Å². The summed E-state index contributed by atoms with van der Waals surface area (Å²) in [5, 5.41) is 3.42. The van der Waals surface area contributed by atoms with Gasteiger partial charge in [0.15, 0.2) is 0 Å². The molecule has 0 radical (unpaired) electrons. The van der Waals surface area contributed by atoms with E-state index in [4.69, 9.17) is 0 Å². The summed E-state index contributed by atoms with van der Waals surface area (Å²) >= 11 is 0. The molecule has 3 nitrogen and oxygen atoms in total. The van der Waals surface area contributed by atoms with Crippen molar-refractivity contribution in [2.24, 2.45) is 5.92 Å². The van der Waals surface area contributed by atoms with Gasteiger partial charge in [-0.2, -0.15) is 0 Å². The first-order valence-electron chi connectivity index (χ1n) is 7.26. The maximum atomic E-state index is 12.0. The van der Waals surface area contributed by atoms with Crippen LogP contribution in [0.15, 0.2) is 0 Å². The van der Waals surface area contributed by atoms with E-state index < -0.39 is 0 Å². The molecule has 1 aliphatic rings. The predicted molar refractivity (Wildman–Crippen MR) is 72.0 cm³/mol. The second-order valence-electron chi connectivity index (χ2n) is 5.10. The highest BCUT2D eigenvalue weighted by atomic mass is 16.2. The summed E-state index contributed by atoms with van der Waals surface area (Å²) < 4.78 is 0. The molecule has 1 heterocycles. The van der Waals surface area contributed by atoms with Crippen LogP contribution in [0.3, 0.4) is 0 Å². The van der Waals surface area contributed by atoms with Gasteiger partial charge in [0.05, 0.1) is 0 Å². The Morgan fingerprint density at radius 2 is 2.18 bits per heavy atom. The molecule has 1 fully saturated rings. The summed E-state index contributed by atoms with van der Waals surface area (Å²) in [6.07, 6.45) is 6.68. The molecule has 1 aliphatic heterocycles. The van der Waals surface area contributed by atoms with Crippen molar-refractivity contribution < 1.29 is 4.79 Å². The number of hydrogen-bond donors (Lipinski definition) is 1. The number of nitrogens with one attached hydrogen (secondary N) is 1. The number of hydrogen-bond acceptors (Lipinski definition) is 2. The zero-order chi connectivity index (χ0) is 12.5. The zero-order valence-electron chi connectivity index (χ0n) is 11.5. The van der Waals surface area contributed by atoms with Gasteiger partial charge < -0.3 is 10.2 Å². The van der Waals surface area contributed by atoms with Crippen LogP contribution in [0.25, 0.3) is 0 Å². The second kappa shape index (κ2) is 8.51. The third-order valence-corrected chi connectivity index (χ3v) is 3.61. The van der Waals surface area contributed by atoms with Crippen LogP contribution >= 0.6 is 0 Å². The summed E-state index contributed by atoms with van der Waals surface area (Å²) in [7, 11) is 0. The van der Waals surface area contributed by atoms with Crippen LogP contribution < -0.4 is 5.32 Å². The molecule has 1 amide bonds. The van der Waals surface area contributed by atoms with E-state index in [2.05, 4.69) is 19.2 Å². The smallest absolute Gasteiger partial charge is 0.222 e. The Kier molecular flexibility index (Phi) is 7.25. The first kappa shape index (κ1) is 14.5. The van der Waals surface area contributed by atoms with Crippen molar-refractivity contribution in [3.8, 4) is 0 Å². The monoisotopic (exact) mass is 240 g/mol. The van der Waals surface area contributed by atoms with Crippen LogP contribution in [0.5, 0.6) is 0 Å². The van der Waals surface area contributed by atoms with Crippen molar-refractivity contribution in [1.82, 2.24) is 10.2 Å². The fraction of sp³-hybridized carbons (Fsp3) is 0.929. The van der Waals surface area contributed by atoms with Gasteiger partial charge in [0.1, 0.15) is 0 Å². The molecule has 1 N–H and O–H groups in total. The summed E-state index contributed by atoms with van der Waals surface area (Å²) in [4.78, 5) is 14.1. The zero-order valence-corrected chi connectivity index (χ0v) is 11.5. The minimum Gasteiger partial charge on any atom is -0.343 e. The van der Waals surface area contributed by atoms with Crippen LogP contribution in [0.1, 0.15) is 52.4 Å². The van der Waals surface area contributed by atoms with Crippen LogP contribution in [0.4, 0.5) is 0 Å². The second-order valence-corrected chi connectivity index (χ2v) is 5.10. The maximum absolute atomic E-state index is 12.0. The number of carbonyl (C=O) groups is 1. The predicted octanol–water partition coefficient (Wildman–Crippen LogP) is 2.41. The van der Waals surface area contributed by atoms with Gasteiger partial charge in [-0.1, -0.05) is 19.8 Å². The molecule has 0 aromatic carbocycles. The first-order chi connectivity index (χ1) is 8.27. The third kappa shape index (κ3) is 5.53. The highest BCUT2D eigenvalue weighted by Crippen LogP contribution is 2.13. The lowest BCUT2D eigenvalue weighted by Gasteiger charge is -2.29. The Bertz CT molecular complexity index is 212. The highest BCUT2D eigenvalue weighted by Gasteiger charge is 2.19. The van der Waals surface area contributed by atoms with Gasteiger partial charge in [0, 0.05) is 19.5 Å². The molecule has 0 aromatic rings. The van der Waals surface area contributed by atoms with E-state index in [0.717, 1.165) is 39.0 Å². The van der Waals surface area contributed by atoms with Gasteiger partial charge in [-0.25, -0.2) is 0 Å². The topological polar surface area (TPSA) is 32.3 Å². The van der Waals surface area contributed by atoms with E-state index in [-0.39, 0.29) is 0 Å². The largest absolute Gasteiger partial charge is 0.343 e. The van der Waals surface area contributed by atoms with Gasteiger partial charge in [-0.3, -0.25) is 4.79 Å². The standard InChI is InChI=1S/C14H28N2O/c1-3-5-6-9-14(17)16(4-2)12-13-8-7-10-15-11-13/h13,15H,3-12H2,1-2H3. The molecule has 0 bridgehead atoms. The van der Waals surface area contributed by atoms with Crippen molar-refractivity contribution in [2.75, 3.05) is 26.2 Å². The van der Waals surface area contributed by atoms with Crippen molar-refractivity contribution in [3.63, 3.8) is 0 Å². The molecule has 1 atom stereocenters. The Labute approximate surface area is 106 Å². The van der Waals surface area contributed by atoms with Gasteiger partial charge in [0.25, 0.3) is 0 Å². The normalized spacial score (nSPS) is 20.2. The summed E-state index contributed by atoms with van der Waals surface area (Å²) in [5.41, 5.74) is 0. The molecule has 1 unspecified atom stereocenters. The molecule has 0 aliphatic carbocycles. The fourth-order valence-corrected chi connectivity index (χ4v) is 2.48. The van der Waals surface area contributed by atoms with E-state index in [9.17, 15) is 4.79 Å². The maximum Gasteiger partial charge on any atom is 0.222 e. The Morgan fingerprint density at radius 3 is 2.76 bits per heavy atom. The van der Waals surface area contributed by atoms with Gasteiger partial charge in [-0.15, -0.1) is 0 Å². The SMILES string of the molecule is CCCCCC(=O)N(CC)CC1CCCNC1. The minimum atomic E-state index is 0.353. The van der Waals surface area contributed by atoms with Crippen LogP contribution in [-0.2, 0) is 4.79 Å². The van der Waals surface area contributed by atoms with Crippen molar-refractivity contribution in [2.45, 2.75) is 52.4 Å². The van der Waals surface area contributed by atoms with Gasteiger partial charge >= 0.3 is 0 Å². The number of nitrogens with zero attached hydrogens (tertiary/aromatic N) is 1. The number of amides is 1. The number of unbranched alkanes of at least 4 members (excludes halogenated alkanes) is 2. The summed E-state index contributed by atoms with van der Waals surface area (Å²) in [5.74, 6) is 1.02. The Hall–Kier alpha value is -0.570. The van der Waals surface area contributed by atoms with Gasteiger partial charge in [-0.05, 0) is 45.2 Å². The fourth-order valence-electron chi connectivity index (χ4n) is 2.48. The quantitative estimate of drug-likeness (QED) is 0.693. The summed E-state index contributed by atoms with van der Waals surface area (Å²) in [6.45, 7) is 8.31. The molecule has 0 saturated carbocycles. The Balaban J connectivity index is 2.27. The summed E-state index contributed by atoms with van der Waals surface area (Å²) in [6, 6.07) is 0. The average molecular weight is 240 g/mol. The van der Waals surface area contributed by atoms with Gasteiger partial charge in [0.2, 0.25) is 5.91 Å². The highest BCUT2D eigenvalue weighted by molar-refractivity contribution is 5.76. The minimum absolute atomic E-state index is 0.353. The van der Waals surface area contributed by atoms with Crippen LogP contribution in [0.2, 0.25) is 0 Å². The molecule has 3 heteroatoms. The van der Waals surface area contributed by atoms with Crippen LogP contribution in [-0.4, -0.2) is 37.0 Å². The van der Waals surface area contributed by atoms with Crippen molar-refractivity contribution in [3.05, 3.63) is 0 Å². The van der Waals surface area contributed by atoms with E-state index in [0.29, 0.717) is 11.8 Å². The lowest BCUT2D eigenvalue weighted by molar-refractivity contribution is -0.131. The third-order valence-electron chi connectivity index (χ3n) is 3.61. The average Bonchev–Trinajstić information content (AvgIpc) is 2.37. The van der Waals surface area contributed by atoms with E-state index in [1.54, 1.807) is 0 Å².